The molecule has 5 nitrogen and oxygen atoms in total. The van der Waals surface area contributed by atoms with E-state index in [4.69, 9.17) is 0 Å². The number of nitrogens with one attached hydrogen (secondary N) is 2. The van der Waals surface area contributed by atoms with E-state index in [0.717, 1.165) is 18.2 Å². The molecular weight excluding hydrogens is 300 g/mol. The Hall–Kier alpha value is -2.69. The van der Waals surface area contributed by atoms with E-state index in [1.165, 1.54) is 12.8 Å². The molecule has 1 fully saturated rings. The molecule has 0 aliphatic heterocycles. The fourth-order valence-electron chi connectivity index (χ4n) is 3.69. The van der Waals surface area contributed by atoms with Crippen LogP contribution in [0.5, 0.6) is 0 Å². The maximum atomic E-state index is 12.4. The highest BCUT2D eigenvalue weighted by atomic mass is 16.1. The molecule has 2 aromatic rings. The number of anilines is 2. The third kappa shape index (κ3) is 3.15. The molecule has 1 aromatic carbocycles. The average Bonchev–Trinajstić information content (AvgIpc) is 3.24. The molecule has 24 heavy (non-hydrogen) atoms. The minimum atomic E-state index is -0.0283. The summed E-state index contributed by atoms with van der Waals surface area (Å²) < 4.78 is 0. The summed E-state index contributed by atoms with van der Waals surface area (Å²) in [7, 11) is 0. The van der Waals surface area contributed by atoms with Crippen LogP contribution in [-0.2, 0) is 0 Å². The van der Waals surface area contributed by atoms with Gasteiger partial charge in [-0.3, -0.25) is 4.79 Å². The molecule has 2 aliphatic carbocycles. The van der Waals surface area contributed by atoms with Gasteiger partial charge in [-0.2, -0.15) is 0 Å². The number of carbonyl (C=O) groups is 1. The van der Waals surface area contributed by atoms with Gasteiger partial charge in [-0.05, 0) is 54.9 Å². The van der Waals surface area contributed by atoms with E-state index in [9.17, 15) is 4.79 Å². The van der Waals surface area contributed by atoms with Crippen LogP contribution >= 0.6 is 0 Å². The van der Waals surface area contributed by atoms with Crippen molar-refractivity contribution in [1.29, 1.82) is 0 Å². The van der Waals surface area contributed by atoms with Gasteiger partial charge in [0.2, 0.25) is 5.95 Å². The lowest BCUT2D eigenvalue weighted by Gasteiger charge is -2.18. The third-order valence-electron chi connectivity index (χ3n) is 4.89. The molecule has 122 valence electrons. The van der Waals surface area contributed by atoms with Crippen LogP contribution < -0.4 is 10.6 Å². The Morgan fingerprint density at radius 2 is 2.00 bits per heavy atom. The Labute approximate surface area is 141 Å². The standard InChI is InChI=1S/C19H20N4O/c24-18(22-12-16-10-13-5-6-14(16)9-13)15-3-1-4-17(11-15)23-19-20-7-2-8-21-19/h1-8,11,13-14,16H,9-10,12H2,(H,22,24)(H,20,21,23)/t13-,14-,16-/m0/s1. The molecule has 0 spiro atoms. The van der Waals surface area contributed by atoms with Crippen molar-refractivity contribution >= 4 is 17.5 Å². The van der Waals surface area contributed by atoms with Crippen LogP contribution in [0.1, 0.15) is 23.2 Å². The van der Waals surface area contributed by atoms with Crippen LogP contribution in [0.25, 0.3) is 0 Å². The van der Waals surface area contributed by atoms with Gasteiger partial charge in [0.1, 0.15) is 0 Å². The van der Waals surface area contributed by atoms with E-state index in [2.05, 4.69) is 32.8 Å². The number of amides is 1. The number of aromatic nitrogens is 2. The highest BCUT2D eigenvalue weighted by Gasteiger charge is 2.35. The van der Waals surface area contributed by atoms with Gasteiger partial charge < -0.3 is 10.6 Å². The van der Waals surface area contributed by atoms with Gasteiger partial charge in [0.05, 0.1) is 0 Å². The predicted molar refractivity (Wildman–Crippen MR) is 92.9 cm³/mol. The zero-order chi connectivity index (χ0) is 16.4. The van der Waals surface area contributed by atoms with Crippen molar-refractivity contribution in [3.05, 3.63) is 60.4 Å². The van der Waals surface area contributed by atoms with Crippen molar-refractivity contribution in [3.8, 4) is 0 Å². The molecule has 3 atom stereocenters. The Morgan fingerprint density at radius 1 is 1.12 bits per heavy atom. The van der Waals surface area contributed by atoms with Crippen LogP contribution in [0.4, 0.5) is 11.6 Å². The molecule has 2 aliphatic rings. The van der Waals surface area contributed by atoms with Gasteiger partial charge >= 0.3 is 0 Å². The molecule has 4 rings (SSSR count). The highest BCUT2D eigenvalue weighted by molar-refractivity contribution is 5.95. The Morgan fingerprint density at radius 3 is 2.75 bits per heavy atom. The van der Waals surface area contributed by atoms with Crippen molar-refractivity contribution in [2.24, 2.45) is 17.8 Å². The van der Waals surface area contributed by atoms with Crippen LogP contribution in [0.3, 0.4) is 0 Å². The largest absolute Gasteiger partial charge is 0.352 e. The first-order chi connectivity index (χ1) is 11.8. The topological polar surface area (TPSA) is 66.9 Å². The second-order valence-corrected chi connectivity index (χ2v) is 6.53. The molecule has 2 bridgehead atoms. The first-order valence-corrected chi connectivity index (χ1v) is 8.38. The predicted octanol–water partition coefficient (Wildman–Crippen LogP) is 3.16. The van der Waals surface area contributed by atoms with E-state index in [1.807, 2.05) is 24.3 Å². The average molecular weight is 320 g/mol. The summed E-state index contributed by atoms with van der Waals surface area (Å²) in [5.74, 6) is 2.46. The fourth-order valence-corrected chi connectivity index (χ4v) is 3.69. The number of rotatable bonds is 5. The quantitative estimate of drug-likeness (QED) is 0.831. The summed E-state index contributed by atoms with van der Waals surface area (Å²) in [6.07, 6.45) is 10.5. The van der Waals surface area contributed by atoms with Gasteiger partial charge in [-0.25, -0.2) is 9.97 Å². The summed E-state index contributed by atoms with van der Waals surface area (Å²) in [5, 5.41) is 6.19. The lowest BCUT2D eigenvalue weighted by atomic mass is 9.93. The third-order valence-corrected chi connectivity index (χ3v) is 4.89. The first kappa shape index (κ1) is 14.9. The van der Waals surface area contributed by atoms with E-state index >= 15 is 0 Å². The van der Waals surface area contributed by atoms with Crippen LogP contribution in [0.2, 0.25) is 0 Å². The lowest BCUT2D eigenvalue weighted by Crippen LogP contribution is -2.30. The smallest absolute Gasteiger partial charge is 0.251 e. The molecule has 1 amide bonds. The lowest BCUT2D eigenvalue weighted by molar-refractivity contribution is 0.0945. The van der Waals surface area contributed by atoms with Gasteiger partial charge in [0.25, 0.3) is 5.91 Å². The van der Waals surface area contributed by atoms with Crippen LogP contribution in [0.15, 0.2) is 54.9 Å². The van der Waals surface area contributed by atoms with E-state index < -0.39 is 0 Å². The van der Waals surface area contributed by atoms with Gasteiger partial charge in [0.15, 0.2) is 0 Å². The van der Waals surface area contributed by atoms with E-state index in [1.54, 1.807) is 18.5 Å². The van der Waals surface area contributed by atoms with Crippen molar-refractivity contribution in [1.82, 2.24) is 15.3 Å². The van der Waals surface area contributed by atoms with Gasteiger partial charge in [0, 0.05) is 30.2 Å². The number of hydrogen-bond acceptors (Lipinski definition) is 4. The number of nitrogens with zero attached hydrogens (tertiary/aromatic N) is 2. The number of carbonyl (C=O) groups excluding carboxylic acids is 1. The van der Waals surface area contributed by atoms with Crippen LogP contribution in [0, 0.1) is 17.8 Å². The maximum Gasteiger partial charge on any atom is 0.251 e. The van der Waals surface area contributed by atoms with Crippen molar-refractivity contribution in [2.45, 2.75) is 12.8 Å². The molecule has 1 saturated carbocycles. The monoisotopic (exact) mass is 320 g/mol. The van der Waals surface area contributed by atoms with Gasteiger partial charge in [-0.15, -0.1) is 0 Å². The van der Waals surface area contributed by atoms with Gasteiger partial charge in [-0.1, -0.05) is 18.2 Å². The molecule has 5 heteroatoms. The number of benzene rings is 1. The minimum absolute atomic E-state index is 0.0283. The van der Waals surface area contributed by atoms with E-state index in [0.29, 0.717) is 23.3 Å². The highest BCUT2D eigenvalue weighted by Crippen LogP contribution is 2.42. The molecule has 0 radical (unpaired) electrons. The van der Waals surface area contributed by atoms with Crippen molar-refractivity contribution in [3.63, 3.8) is 0 Å². The fraction of sp³-hybridized carbons (Fsp3) is 0.316. The van der Waals surface area contributed by atoms with E-state index in [-0.39, 0.29) is 5.91 Å². The molecule has 1 aromatic heterocycles. The van der Waals surface area contributed by atoms with Crippen LogP contribution in [-0.4, -0.2) is 22.4 Å². The summed E-state index contributed by atoms with van der Waals surface area (Å²) in [6, 6.07) is 9.17. The molecule has 0 unspecified atom stereocenters. The SMILES string of the molecule is O=C(NC[C@@H]1C[C@H]2C=C[C@H]1C2)c1cccc(Nc2ncccn2)c1. The Bertz CT molecular complexity index is 759. The number of hydrogen-bond donors (Lipinski definition) is 2. The Kier molecular flexibility index (Phi) is 3.99. The summed E-state index contributed by atoms with van der Waals surface area (Å²) in [5.41, 5.74) is 1.45. The summed E-state index contributed by atoms with van der Waals surface area (Å²) in [6.45, 7) is 0.754. The summed E-state index contributed by atoms with van der Waals surface area (Å²) in [4.78, 5) is 20.7. The van der Waals surface area contributed by atoms with Crippen molar-refractivity contribution < 1.29 is 4.79 Å². The second kappa shape index (κ2) is 6.43. The molecule has 0 saturated heterocycles. The molecular formula is C19H20N4O. The zero-order valence-electron chi connectivity index (χ0n) is 13.4. The second-order valence-electron chi connectivity index (χ2n) is 6.53. The summed E-state index contributed by atoms with van der Waals surface area (Å²) >= 11 is 0. The first-order valence-electron chi connectivity index (χ1n) is 8.38. The van der Waals surface area contributed by atoms with Crippen molar-refractivity contribution in [2.75, 3.05) is 11.9 Å². The Balaban J connectivity index is 1.37. The normalized spacial score (nSPS) is 24.1. The molecule has 1 heterocycles. The molecule has 2 N–H and O–H groups in total. The number of allylic oxidation sites excluding steroid dienone is 2. The minimum Gasteiger partial charge on any atom is -0.352 e. The maximum absolute atomic E-state index is 12.4. The number of fused-ring (bicyclic) bond motifs is 2. The zero-order valence-corrected chi connectivity index (χ0v) is 13.4.